The van der Waals surface area contributed by atoms with Gasteiger partial charge < -0.3 is 5.32 Å². The standard InChI is InChI=1S/C15H13F3N4S/c16-15(17,18)11-5-3-10(4-6-11)12-8-20-14-22(12)21-13(23-14)19-7-9-1-2-9/h3-6,8-9H,1-2,7H2,(H,19,21). The third-order valence-corrected chi connectivity index (χ3v) is 4.71. The van der Waals surface area contributed by atoms with Crippen LogP contribution >= 0.6 is 11.3 Å². The Bertz CT molecular complexity index is 831. The second kappa shape index (κ2) is 5.23. The highest BCUT2D eigenvalue weighted by molar-refractivity contribution is 7.20. The van der Waals surface area contributed by atoms with E-state index in [1.807, 2.05) is 0 Å². The van der Waals surface area contributed by atoms with E-state index in [1.165, 1.54) is 36.3 Å². The summed E-state index contributed by atoms with van der Waals surface area (Å²) in [5.74, 6) is 0.737. The van der Waals surface area contributed by atoms with Crippen molar-refractivity contribution >= 4 is 21.4 Å². The summed E-state index contributed by atoms with van der Waals surface area (Å²) in [4.78, 5) is 5.01. The van der Waals surface area contributed by atoms with Crippen molar-refractivity contribution in [2.45, 2.75) is 19.0 Å². The predicted molar refractivity (Wildman–Crippen MR) is 82.5 cm³/mol. The Morgan fingerprint density at radius 3 is 2.61 bits per heavy atom. The van der Waals surface area contributed by atoms with Gasteiger partial charge in [-0.3, -0.25) is 0 Å². The molecule has 1 N–H and O–H groups in total. The Morgan fingerprint density at radius 1 is 1.22 bits per heavy atom. The van der Waals surface area contributed by atoms with Gasteiger partial charge >= 0.3 is 6.18 Å². The Balaban J connectivity index is 1.62. The van der Waals surface area contributed by atoms with E-state index in [0.717, 1.165) is 34.7 Å². The van der Waals surface area contributed by atoms with E-state index in [2.05, 4.69) is 15.4 Å². The third-order valence-electron chi connectivity index (χ3n) is 3.83. The van der Waals surface area contributed by atoms with Gasteiger partial charge in [0, 0.05) is 12.1 Å². The van der Waals surface area contributed by atoms with Crippen molar-refractivity contribution in [3.63, 3.8) is 0 Å². The van der Waals surface area contributed by atoms with Crippen molar-refractivity contribution in [1.82, 2.24) is 14.6 Å². The first kappa shape index (κ1) is 14.5. The van der Waals surface area contributed by atoms with Gasteiger partial charge in [-0.15, -0.1) is 5.10 Å². The first-order chi connectivity index (χ1) is 11.0. The largest absolute Gasteiger partial charge is 0.416 e. The van der Waals surface area contributed by atoms with E-state index in [1.54, 1.807) is 10.7 Å². The molecule has 120 valence electrons. The zero-order chi connectivity index (χ0) is 16.0. The normalized spacial score (nSPS) is 15.3. The molecule has 3 aromatic rings. The molecule has 1 aromatic carbocycles. The van der Waals surface area contributed by atoms with E-state index in [9.17, 15) is 13.2 Å². The number of rotatable bonds is 4. The van der Waals surface area contributed by atoms with E-state index in [-0.39, 0.29) is 0 Å². The number of nitrogens with one attached hydrogen (secondary N) is 1. The van der Waals surface area contributed by atoms with Crippen LogP contribution in [0.2, 0.25) is 0 Å². The summed E-state index contributed by atoms with van der Waals surface area (Å²) in [6, 6.07) is 5.05. The van der Waals surface area contributed by atoms with E-state index >= 15 is 0 Å². The molecule has 2 heterocycles. The van der Waals surface area contributed by atoms with Crippen LogP contribution in [0.3, 0.4) is 0 Å². The maximum atomic E-state index is 12.6. The lowest BCUT2D eigenvalue weighted by Crippen LogP contribution is -2.04. The van der Waals surface area contributed by atoms with Crippen LogP contribution < -0.4 is 5.32 Å². The number of hydrogen-bond acceptors (Lipinski definition) is 4. The van der Waals surface area contributed by atoms with Gasteiger partial charge in [-0.05, 0) is 30.9 Å². The molecule has 23 heavy (non-hydrogen) atoms. The Labute approximate surface area is 134 Å². The van der Waals surface area contributed by atoms with Gasteiger partial charge in [-0.2, -0.15) is 13.2 Å². The lowest BCUT2D eigenvalue weighted by atomic mass is 10.1. The predicted octanol–water partition coefficient (Wildman–Crippen LogP) is 4.30. The number of benzene rings is 1. The zero-order valence-electron chi connectivity index (χ0n) is 12.0. The molecule has 1 fully saturated rings. The van der Waals surface area contributed by atoms with Crippen molar-refractivity contribution in [3.8, 4) is 11.3 Å². The molecule has 1 saturated carbocycles. The minimum Gasteiger partial charge on any atom is -0.360 e. The van der Waals surface area contributed by atoms with Crippen LogP contribution in [0.15, 0.2) is 30.5 Å². The summed E-state index contributed by atoms with van der Waals surface area (Å²) in [7, 11) is 0. The second-order valence-corrected chi connectivity index (χ2v) is 6.60. The molecule has 1 aliphatic carbocycles. The summed E-state index contributed by atoms with van der Waals surface area (Å²) in [5.41, 5.74) is 0.682. The summed E-state index contributed by atoms with van der Waals surface area (Å²) in [6.07, 6.45) is -0.184. The van der Waals surface area contributed by atoms with Gasteiger partial charge in [-0.25, -0.2) is 9.50 Å². The molecule has 0 aliphatic heterocycles. The third kappa shape index (κ3) is 2.90. The van der Waals surface area contributed by atoms with Gasteiger partial charge in [0.05, 0.1) is 17.5 Å². The number of nitrogens with zero attached hydrogens (tertiary/aromatic N) is 3. The molecule has 0 unspecified atom stereocenters. The minimum atomic E-state index is -4.33. The smallest absolute Gasteiger partial charge is 0.360 e. The van der Waals surface area contributed by atoms with Crippen molar-refractivity contribution in [1.29, 1.82) is 0 Å². The molecule has 0 spiro atoms. The van der Waals surface area contributed by atoms with Crippen molar-refractivity contribution < 1.29 is 13.2 Å². The van der Waals surface area contributed by atoms with Crippen molar-refractivity contribution in [2.24, 2.45) is 5.92 Å². The number of aromatic nitrogens is 3. The number of halogens is 3. The summed E-state index contributed by atoms with van der Waals surface area (Å²) in [5, 5.41) is 8.53. The van der Waals surface area contributed by atoms with Gasteiger partial charge in [0.1, 0.15) is 0 Å². The van der Waals surface area contributed by atoms with Crippen LogP contribution in [0, 0.1) is 5.92 Å². The highest BCUT2D eigenvalue weighted by Gasteiger charge is 2.30. The van der Waals surface area contributed by atoms with Crippen LogP contribution in [-0.2, 0) is 6.18 Å². The molecule has 0 saturated heterocycles. The highest BCUT2D eigenvalue weighted by Crippen LogP contribution is 2.33. The Morgan fingerprint density at radius 2 is 1.96 bits per heavy atom. The fourth-order valence-electron chi connectivity index (χ4n) is 2.34. The van der Waals surface area contributed by atoms with Crippen molar-refractivity contribution in [2.75, 3.05) is 11.9 Å². The van der Waals surface area contributed by atoms with Gasteiger partial charge in [0.15, 0.2) is 0 Å². The van der Waals surface area contributed by atoms with Crippen LogP contribution in [0.4, 0.5) is 18.3 Å². The van der Waals surface area contributed by atoms with Gasteiger partial charge in [-0.1, -0.05) is 23.5 Å². The summed E-state index contributed by atoms with van der Waals surface area (Å²) >= 11 is 1.44. The van der Waals surface area contributed by atoms with Crippen LogP contribution in [0.5, 0.6) is 0 Å². The molecule has 0 amide bonds. The van der Waals surface area contributed by atoms with Gasteiger partial charge in [0.2, 0.25) is 10.1 Å². The highest BCUT2D eigenvalue weighted by atomic mass is 32.1. The molecule has 8 heteroatoms. The lowest BCUT2D eigenvalue weighted by molar-refractivity contribution is -0.137. The summed E-state index contributed by atoms with van der Waals surface area (Å²) in [6.45, 7) is 0.909. The summed E-state index contributed by atoms with van der Waals surface area (Å²) < 4.78 is 39.6. The number of imidazole rings is 1. The monoisotopic (exact) mass is 338 g/mol. The number of anilines is 1. The Hall–Kier alpha value is -2.09. The van der Waals surface area contributed by atoms with E-state index < -0.39 is 11.7 Å². The molecule has 0 bridgehead atoms. The lowest BCUT2D eigenvalue weighted by Gasteiger charge is -2.06. The second-order valence-electron chi connectivity index (χ2n) is 5.64. The van der Waals surface area contributed by atoms with Gasteiger partial charge in [0.25, 0.3) is 0 Å². The van der Waals surface area contributed by atoms with E-state index in [4.69, 9.17) is 0 Å². The number of hydrogen-bond donors (Lipinski definition) is 1. The molecule has 1 aliphatic rings. The van der Waals surface area contributed by atoms with Crippen molar-refractivity contribution in [3.05, 3.63) is 36.0 Å². The molecular formula is C15H13F3N4S. The first-order valence-corrected chi connectivity index (χ1v) is 8.08. The molecule has 0 radical (unpaired) electrons. The molecule has 0 atom stereocenters. The molecule has 2 aromatic heterocycles. The Kier molecular flexibility index (Phi) is 3.29. The minimum absolute atomic E-state index is 0.657. The van der Waals surface area contributed by atoms with Crippen LogP contribution in [0.25, 0.3) is 16.2 Å². The van der Waals surface area contributed by atoms with Crippen LogP contribution in [0.1, 0.15) is 18.4 Å². The molecule has 4 nitrogen and oxygen atoms in total. The number of fused-ring (bicyclic) bond motifs is 1. The quantitative estimate of drug-likeness (QED) is 0.771. The average molecular weight is 338 g/mol. The molecule has 4 rings (SSSR count). The molecular weight excluding hydrogens is 325 g/mol. The maximum Gasteiger partial charge on any atom is 0.416 e. The average Bonchev–Trinajstić information content (AvgIpc) is 3.13. The fourth-order valence-corrected chi connectivity index (χ4v) is 3.13. The van der Waals surface area contributed by atoms with Crippen LogP contribution in [-0.4, -0.2) is 21.1 Å². The fraction of sp³-hybridized carbons (Fsp3) is 0.333. The first-order valence-electron chi connectivity index (χ1n) is 7.27. The zero-order valence-corrected chi connectivity index (χ0v) is 12.8. The van der Waals surface area contributed by atoms with E-state index in [0.29, 0.717) is 11.3 Å². The SMILES string of the molecule is FC(F)(F)c1ccc(-c2cnc3sc(NCC4CC4)nn23)cc1. The maximum absolute atomic E-state index is 12.6. The topological polar surface area (TPSA) is 42.2 Å². The number of alkyl halides is 3.